The molecule has 6 nitrogen and oxygen atoms in total. The predicted molar refractivity (Wildman–Crippen MR) is 118 cm³/mol. The summed E-state index contributed by atoms with van der Waals surface area (Å²) in [5.74, 6) is -0.239. The first-order valence-corrected chi connectivity index (χ1v) is 10.0. The Labute approximate surface area is 177 Å². The van der Waals surface area contributed by atoms with Crippen molar-refractivity contribution in [2.24, 2.45) is 5.92 Å². The number of aryl methyl sites for hydroxylation is 4. The van der Waals surface area contributed by atoms with Crippen LogP contribution in [0.1, 0.15) is 41.8 Å². The Kier molecular flexibility index (Phi) is 7.62. The average Bonchev–Trinajstić information content (AvgIpc) is 2.87. The van der Waals surface area contributed by atoms with Crippen molar-refractivity contribution in [3.8, 4) is 0 Å². The first-order chi connectivity index (χ1) is 13.6. The van der Waals surface area contributed by atoms with Crippen molar-refractivity contribution in [3.63, 3.8) is 0 Å². The lowest BCUT2D eigenvalue weighted by Gasteiger charge is -2.13. The summed E-state index contributed by atoms with van der Waals surface area (Å²) >= 11 is 6.37. The molecular weight excluding hydrogens is 388 g/mol. The summed E-state index contributed by atoms with van der Waals surface area (Å²) < 4.78 is 1.73. The molecule has 2 amide bonds. The molecule has 2 N–H and O–H groups in total. The molecule has 156 valence electrons. The van der Waals surface area contributed by atoms with E-state index in [1.165, 1.54) is 6.08 Å². The maximum absolute atomic E-state index is 12.2. The van der Waals surface area contributed by atoms with Gasteiger partial charge in [-0.3, -0.25) is 14.3 Å². The number of carbonyl (C=O) groups is 2. The van der Waals surface area contributed by atoms with Gasteiger partial charge in [0.1, 0.15) is 5.15 Å². The van der Waals surface area contributed by atoms with E-state index in [2.05, 4.69) is 29.6 Å². The Hall–Kier alpha value is -2.60. The average molecular weight is 417 g/mol. The molecule has 0 fully saturated rings. The summed E-state index contributed by atoms with van der Waals surface area (Å²) in [7, 11) is 0. The Balaban J connectivity index is 1.95. The molecule has 7 heteroatoms. The highest BCUT2D eigenvalue weighted by atomic mass is 35.5. The molecule has 2 aromatic rings. The molecule has 0 aliphatic heterocycles. The number of nitrogens with one attached hydrogen (secondary N) is 2. The van der Waals surface area contributed by atoms with E-state index >= 15 is 0 Å². The highest BCUT2D eigenvalue weighted by Gasteiger charge is 2.13. The predicted octanol–water partition coefficient (Wildman–Crippen LogP) is 4.19. The molecular formula is C22H29ClN4O2. The molecule has 1 heterocycles. The summed E-state index contributed by atoms with van der Waals surface area (Å²) in [5.41, 5.74) is 5.37. The van der Waals surface area contributed by atoms with E-state index in [-0.39, 0.29) is 18.4 Å². The van der Waals surface area contributed by atoms with Crippen molar-refractivity contribution >= 4 is 35.2 Å². The smallest absolute Gasteiger partial charge is 0.244 e. The minimum Gasteiger partial charge on any atom is -0.343 e. The van der Waals surface area contributed by atoms with Gasteiger partial charge in [-0.2, -0.15) is 5.10 Å². The molecule has 0 aliphatic rings. The molecule has 0 spiro atoms. The number of benzene rings is 1. The van der Waals surface area contributed by atoms with Crippen molar-refractivity contribution in [1.29, 1.82) is 0 Å². The van der Waals surface area contributed by atoms with E-state index in [1.54, 1.807) is 10.8 Å². The molecule has 0 unspecified atom stereocenters. The van der Waals surface area contributed by atoms with Crippen LogP contribution in [0.3, 0.4) is 0 Å². The molecule has 1 aromatic carbocycles. The fourth-order valence-electron chi connectivity index (χ4n) is 3.17. The van der Waals surface area contributed by atoms with Gasteiger partial charge in [0.15, 0.2) is 0 Å². The second-order valence-corrected chi connectivity index (χ2v) is 8.10. The van der Waals surface area contributed by atoms with Crippen LogP contribution in [0.25, 0.3) is 6.08 Å². The van der Waals surface area contributed by atoms with E-state index in [1.807, 2.05) is 39.8 Å². The molecule has 0 saturated heterocycles. The van der Waals surface area contributed by atoms with Crippen molar-refractivity contribution in [2.75, 3.05) is 11.9 Å². The van der Waals surface area contributed by atoms with Crippen LogP contribution in [0.5, 0.6) is 0 Å². The van der Waals surface area contributed by atoms with Crippen molar-refractivity contribution in [1.82, 2.24) is 15.1 Å². The SMILES string of the molecule is Cc1cc(C)c(NC(=O)CNC(=O)C=Cc2c(C)nn(CC(C)C)c2Cl)c(C)c1. The van der Waals surface area contributed by atoms with Crippen molar-refractivity contribution in [3.05, 3.63) is 51.3 Å². The topological polar surface area (TPSA) is 76.0 Å². The van der Waals surface area contributed by atoms with Gasteiger partial charge in [0.05, 0.1) is 12.2 Å². The standard InChI is InChI=1S/C22H29ClN4O2/c1-13(2)12-27-22(23)18(17(6)26-27)7-8-19(28)24-11-20(29)25-21-15(4)9-14(3)10-16(21)5/h7-10,13H,11-12H2,1-6H3,(H,24,28)(H,25,29). The largest absolute Gasteiger partial charge is 0.343 e. The number of amides is 2. The number of hydrogen-bond donors (Lipinski definition) is 2. The molecule has 0 bridgehead atoms. The van der Waals surface area contributed by atoms with Crippen LogP contribution in [0.4, 0.5) is 5.69 Å². The van der Waals surface area contributed by atoms with E-state index < -0.39 is 0 Å². The van der Waals surface area contributed by atoms with Crippen LogP contribution in [0, 0.1) is 33.6 Å². The first kappa shape index (κ1) is 22.7. The Morgan fingerprint density at radius 1 is 1.17 bits per heavy atom. The normalized spacial score (nSPS) is 11.3. The van der Waals surface area contributed by atoms with Gasteiger partial charge >= 0.3 is 0 Å². The van der Waals surface area contributed by atoms with Gasteiger partial charge in [0.25, 0.3) is 0 Å². The van der Waals surface area contributed by atoms with Crippen molar-refractivity contribution in [2.45, 2.75) is 48.1 Å². The lowest BCUT2D eigenvalue weighted by molar-refractivity contribution is -0.121. The zero-order valence-corrected chi connectivity index (χ0v) is 18.6. The Morgan fingerprint density at radius 2 is 1.79 bits per heavy atom. The van der Waals surface area contributed by atoms with E-state index in [0.29, 0.717) is 23.2 Å². The summed E-state index contributed by atoms with van der Waals surface area (Å²) in [6.45, 7) is 12.5. The van der Waals surface area contributed by atoms with Gasteiger partial charge < -0.3 is 10.6 Å². The van der Waals surface area contributed by atoms with Crippen LogP contribution < -0.4 is 10.6 Å². The molecule has 0 saturated carbocycles. The number of anilines is 1. The number of hydrogen-bond acceptors (Lipinski definition) is 3. The molecule has 0 aliphatic carbocycles. The highest BCUT2D eigenvalue weighted by molar-refractivity contribution is 6.31. The number of aromatic nitrogens is 2. The first-order valence-electron chi connectivity index (χ1n) is 9.65. The zero-order valence-electron chi connectivity index (χ0n) is 17.9. The van der Waals surface area contributed by atoms with Crippen LogP contribution in [0.15, 0.2) is 18.2 Å². The van der Waals surface area contributed by atoms with Crippen LogP contribution in [-0.4, -0.2) is 28.1 Å². The summed E-state index contributed by atoms with van der Waals surface area (Å²) in [5, 5.41) is 10.4. The fourth-order valence-corrected chi connectivity index (χ4v) is 3.48. The van der Waals surface area contributed by atoms with Crippen LogP contribution >= 0.6 is 11.6 Å². The molecule has 0 radical (unpaired) electrons. The maximum Gasteiger partial charge on any atom is 0.244 e. The van der Waals surface area contributed by atoms with Gasteiger partial charge in [0.2, 0.25) is 11.8 Å². The lowest BCUT2D eigenvalue weighted by atomic mass is 10.1. The van der Waals surface area contributed by atoms with Crippen LogP contribution in [-0.2, 0) is 16.1 Å². The monoisotopic (exact) mass is 416 g/mol. The van der Waals surface area contributed by atoms with Gasteiger partial charge in [-0.15, -0.1) is 0 Å². The second kappa shape index (κ2) is 9.74. The summed E-state index contributed by atoms with van der Waals surface area (Å²) in [4.78, 5) is 24.3. The maximum atomic E-state index is 12.2. The lowest BCUT2D eigenvalue weighted by Crippen LogP contribution is -2.32. The van der Waals surface area contributed by atoms with Gasteiger partial charge in [-0.1, -0.05) is 43.1 Å². The molecule has 0 atom stereocenters. The number of carbonyl (C=O) groups excluding carboxylic acids is 2. The van der Waals surface area contributed by atoms with E-state index in [9.17, 15) is 9.59 Å². The van der Waals surface area contributed by atoms with Crippen LogP contribution in [0.2, 0.25) is 5.15 Å². The van der Waals surface area contributed by atoms with Crippen molar-refractivity contribution < 1.29 is 9.59 Å². The minimum absolute atomic E-state index is 0.116. The van der Waals surface area contributed by atoms with E-state index in [0.717, 1.165) is 28.1 Å². The fraction of sp³-hybridized carbons (Fsp3) is 0.409. The Morgan fingerprint density at radius 3 is 2.38 bits per heavy atom. The van der Waals surface area contributed by atoms with Gasteiger partial charge in [-0.05, 0) is 50.8 Å². The molecule has 2 rings (SSSR count). The zero-order chi connectivity index (χ0) is 21.7. The third kappa shape index (κ3) is 6.19. The summed E-state index contributed by atoms with van der Waals surface area (Å²) in [6.07, 6.45) is 2.99. The number of nitrogens with zero attached hydrogens (tertiary/aromatic N) is 2. The second-order valence-electron chi connectivity index (χ2n) is 7.74. The molecule has 1 aromatic heterocycles. The number of halogens is 1. The molecule has 29 heavy (non-hydrogen) atoms. The van der Waals surface area contributed by atoms with Gasteiger partial charge in [-0.25, -0.2) is 0 Å². The third-order valence-electron chi connectivity index (χ3n) is 4.41. The minimum atomic E-state index is -0.371. The summed E-state index contributed by atoms with van der Waals surface area (Å²) in [6, 6.07) is 4.02. The quantitative estimate of drug-likeness (QED) is 0.664. The van der Waals surface area contributed by atoms with Gasteiger partial charge in [0, 0.05) is 23.9 Å². The highest BCUT2D eigenvalue weighted by Crippen LogP contribution is 2.23. The Bertz CT molecular complexity index is 922. The van der Waals surface area contributed by atoms with E-state index in [4.69, 9.17) is 11.6 Å². The third-order valence-corrected chi connectivity index (χ3v) is 4.81. The number of rotatable bonds is 7.